The molecular formula is C12H9Cl2N5S. The zero-order valence-electron chi connectivity index (χ0n) is 10.3. The number of hydrogen-bond acceptors (Lipinski definition) is 6. The molecular weight excluding hydrogens is 317 g/mol. The predicted octanol–water partition coefficient (Wildman–Crippen LogP) is 4.03. The molecule has 20 heavy (non-hydrogen) atoms. The zero-order chi connectivity index (χ0) is 14.3. The Morgan fingerprint density at radius 2 is 1.90 bits per heavy atom. The lowest BCUT2D eigenvalue weighted by Crippen LogP contribution is -1.99. The fourth-order valence-corrected chi connectivity index (χ4v) is 3.00. The average molecular weight is 326 g/mol. The molecule has 0 spiro atoms. The summed E-state index contributed by atoms with van der Waals surface area (Å²) >= 11 is 13.4. The van der Waals surface area contributed by atoms with E-state index in [9.17, 15) is 0 Å². The van der Waals surface area contributed by atoms with Gasteiger partial charge in [0.2, 0.25) is 0 Å². The smallest absolute Gasteiger partial charge is 0.133 e. The van der Waals surface area contributed by atoms with Gasteiger partial charge in [-0.05, 0) is 24.6 Å². The molecule has 0 amide bonds. The van der Waals surface area contributed by atoms with Gasteiger partial charge < -0.3 is 11.1 Å². The molecule has 0 fully saturated rings. The molecule has 0 bridgehead atoms. The number of nitrogens with two attached hydrogens (primary N) is 1. The summed E-state index contributed by atoms with van der Waals surface area (Å²) in [5.41, 5.74) is 9.10. The number of pyridine rings is 1. The summed E-state index contributed by atoms with van der Waals surface area (Å²) in [6, 6.07) is 3.47. The Hall–Kier alpha value is -1.63. The van der Waals surface area contributed by atoms with Gasteiger partial charge in [0.25, 0.3) is 0 Å². The number of rotatable bonds is 2. The molecule has 0 saturated heterocycles. The lowest BCUT2D eigenvalue weighted by molar-refractivity contribution is 1.26. The van der Waals surface area contributed by atoms with E-state index in [-0.39, 0.29) is 0 Å². The van der Waals surface area contributed by atoms with Crippen LogP contribution in [-0.4, -0.2) is 13.7 Å². The number of hydrogen-bond donors (Lipinski definition) is 2. The van der Waals surface area contributed by atoms with Crippen molar-refractivity contribution in [1.29, 1.82) is 0 Å². The van der Waals surface area contributed by atoms with Crippen LogP contribution in [-0.2, 0) is 0 Å². The van der Waals surface area contributed by atoms with Gasteiger partial charge in [-0.1, -0.05) is 23.2 Å². The SMILES string of the molecule is Cc1cc(N)cnc1Nc1c(Cl)cc(Cl)c2nsnc12. The summed E-state index contributed by atoms with van der Waals surface area (Å²) in [6.45, 7) is 1.91. The van der Waals surface area contributed by atoms with Crippen molar-refractivity contribution in [3.05, 3.63) is 33.9 Å². The highest BCUT2D eigenvalue weighted by Crippen LogP contribution is 2.37. The highest BCUT2D eigenvalue weighted by molar-refractivity contribution is 7.00. The normalized spacial score (nSPS) is 10.9. The topological polar surface area (TPSA) is 76.7 Å². The number of halogens is 2. The first-order valence-electron chi connectivity index (χ1n) is 5.65. The Morgan fingerprint density at radius 3 is 2.65 bits per heavy atom. The summed E-state index contributed by atoms with van der Waals surface area (Å²) in [6.07, 6.45) is 1.58. The van der Waals surface area contributed by atoms with E-state index in [0.717, 1.165) is 17.3 Å². The molecule has 3 N–H and O–H groups in total. The van der Waals surface area contributed by atoms with Gasteiger partial charge in [-0.2, -0.15) is 8.75 Å². The lowest BCUT2D eigenvalue weighted by Gasteiger charge is -2.11. The zero-order valence-corrected chi connectivity index (χ0v) is 12.6. The number of benzene rings is 1. The second-order valence-electron chi connectivity index (χ2n) is 4.24. The maximum atomic E-state index is 6.24. The molecule has 0 aliphatic heterocycles. The number of anilines is 3. The molecule has 0 aliphatic carbocycles. The third kappa shape index (κ3) is 2.26. The maximum Gasteiger partial charge on any atom is 0.133 e. The molecule has 0 atom stereocenters. The van der Waals surface area contributed by atoms with E-state index in [0.29, 0.717) is 38.3 Å². The Bertz CT molecular complexity index is 802. The van der Waals surface area contributed by atoms with E-state index < -0.39 is 0 Å². The monoisotopic (exact) mass is 325 g/mol. The van der Waals surface area contributed by atoms with Crippen molar-refractivity contribution < 1.29 is 0 Å². The quantitative estimate of drug-likeness (QED) is 0.743. The number of nitrogens with one attached hydrogen (secondary N) is 1. The summed E-state index contributed by atoms with van der Waals surface area (Å²) in [5, 5.41) is 4.11. The average Bonchev–Trinajstić information content (AvgIpc) is 2.86. The molecule has 2 aromatic heterocycles. The van der Waals surface area contributed by atoms with Crippen LogP contribution in [0.4, 0.5) is 17.2 Å². The van der Waals surface area contributed by atoms with E-state index in [1.807, 2.05) is 13.0 Å². The largest absolute Gasteiger partial charge is 0.397 e. The predicted molar refractivity (Wildman–Crippen MR) is 84.1 cm³/mol. The second-order valence-corrected chi connectivity index (χ2v) is 5.58. The molecule has 8 heteroatoms. The minimum absolute atomic E-state index is 0.466. The van der Waals surface area contributed by atoms with Crippen LogP contribution in [0.3, 0.4) is 0 Å². The third-order valence-corrected chi connectivity index (χ3v) is 3.90. The molecule has 0 unspecified atom stereocenters. The molecule has 1 aromatic carbocycles. The first-order valence-corrected chi connectivity index (χ1v) is 7.14. The Morgan fingerprint density at radius 1 is 1.15 bits per heavy atom. The molecule has 3 rings (SSSR count). The number of fused-ring (bicyclic) bond motifs is 1. The number of nitrogen functional groups attached to an aromatic ring is 1. The second kappa shape index (κ2) is 5.05. The summed E-state index contributed by atoms with van der Waals surface area (Å²) < 4.78 is 8.39. The van der Waals surface area contributed by atoms with Gasteiger partial charge in [0, 0.05) is 0 Å². The van der Waals surface area contributed by atoms with Crippen molar-refractivity contribution in [2.45, 2.75) is 6.92 Å². The highest BCUT2D eigenvalue weighted by Gasteiger charge is 2.15. The van der Waals surface area contributed by atoms with E-state index >= 15 is 0 Å². The fourth-order valence-electron chi connectivity index (χ4n) is 1.84. The van der Waals surface area contributed by atoms with Crippen molar-refractivity contribution in [3.8, 4) is 0 Å². The molecule has 2 heterocycles. The van der Waals surface area contributed by atoms with Crippen molar-refractivity contribution in [2.24, 2.45) is 0 Å². The van der Waals surface area contributed by atoms with Crippen molar-refractivity contribution in [1.82, 2.24) is 13.7 Å². The lowest BCUT2D eigenvalue weighted by atomic mass is 10.2. The van der Waals surface area contributed by atoms with Crippen LogP contribution >= 0.6 is 34.9 Å². The fraction of sp³-hybridized carbons (Fsp3) is 0.0833. The Balaban J connectivity index is 2.13. The van der Waals surface area contributed by atoms with Crippen LogP contribution in [0, 0.1) is 6.92 Å². The van der Waals surface area contributed by atoms with E-state index in [4.69, 9.17) is 28.9 Å². The van der Waals surface area contributed by atoms with Gasteiger partial charge in [-0.3, -0.25) is 0 Å². The van der Waals surface area contributed by atoms with Gasteiger partial charge >= 0.3 is 0 Å². The van der Waals surface area contributed by atoms with Crippen molar-refractivity contribution in [3.63, 3.8) is 0 Å². The van der Waals surface area contributed by atoms with E-state index in [1.165, 1.54) is 0 Å². The van der Waals surface area contributed by atoms with Crippen LogP contribution < -0.4 is 11.1 Å². The van der Waals surface area contributed by atoms with E-state index in [2.05, 4.69) is 19.0 Å². The molecule has 102 valence electrons. The number of nitrogens with zero attached hydrogens (tertiary/aromatic N) is 3. The van der Waals surface area contributed by atoms with Gasteiger partial charge in [0.15, 0.2) is 0 Å². The van der Waals surface area contributed by atoms with Crippen LogP contribution in [0.2, 0.25) is 10.0 Å². The standard InChI is InChI=1S/C12H9Cl2N5S/c1-5-2-6(15)4-16-12(5)17-9-7(13)3-8(14)10-11(9)19-20-18-10/h2-4H,15H2,1H3,(H,16,17). The Kier molecular flexibility index (Phi) is 3.37. The van der Waals surface area contributed by atoms with Crippen molar-refractivity contribution >= 4 is 63.2 Å². The molecule has 3 aromatic rings. The molecule has 5 nitrogen and oxygen atoms in total. The molecule has 0 radical (unpaired) electrons. The highest BCUT2D eigenvalue weighted by atomic mass is 35.5. The maximum absolute atomic E-state index is 6.24. The first-order chi connectivity index (χ1) is 9.56. The van der Waals surface area contributed by atoms with Gasteiger partial charge in [0.05, 0.1) is 39.3 Å². The summed E-state index contributed by atoms with van der Waals surface area (Å²) in [4.78, 5) is 4.26. The van der Waals surface area contributed by atoms with Crippen LogP contribution in [0.1, 0.15) is 5.56 Å². The number of aromatic nitrogens is 3. The van der Waals surface area contributed by atoms with Crippen LogP contribution in [0.25, 0.3) is 11.0 Å². The third-order valence-electron chi connectivity index (χ3n) is 2.79. The number of aryl methyl sites for hydroxylation is 1. The van der Waals surface area contributed by atoms with Crippen molar-refractivity contribution in [2.75, 3.05) is 11.1 Å². The summed E-state index contributed by atoms with van der Waals surface area (Å²) in [7, 11) is 0. The van der Waals surface area contributed by atoms with Gasteiger partial charge in [0.1, 0.15) is 16.9 Å². The minimum Gasteiger partial charge on any atom is -0.397 e. The first kappa shape index (κ1) is 13.4. The Labute approximate surface area is 129 Å². The molecule has 0 aliphatic rings. The minimum atomic E-state index is 0.466. The molecule has 0 saturated carbocycles. The van der Waals surface area contributed by atoms with E-state index in [1.54, 1.807) is 12.3 Å². The summed E-state index contributed by atoms with van der Waals surface area (Å²) in [5.74, 6) is 0.665. The van der Waals surface area contributed by atoms with Crippen LogP contribution in [0.15, 0.2) is 18.3 Å². The van der Waals surface area contributed by atoms with Crippen LogP contribution in [0.5, 0.6) is 0 Å². The van der Waals surface area contributed by atoms with Gasteiger partial charge in [-0.25, -0.2) is 4.98 Å². The van der Waals surface area contributed by atoms with Gasteiger partial charge in [-0.15, -0.1) is 0 Å².